The second-order valence-corrected chi connectivity index (χ2v) is 8.38. The van der Waals surface area contributed by atoms with Gasteiger partial charge in [-0.3, -0.25) is 13.9 Å². The highest BCUT2D eigenvalue weighted by molar-refractivity contribution is 6.00. The number of hydrogen-bond acceptors (Lipinski definition) is 4. The molecule has 6 nitrogen and oxygen atoms in total. The van der Waals surface area contributed by atoms with E-state index in [9.17, 15) is 14.7 Å². The van der Waals surface area contributed by atoms with Gasteiger partial charge in [0.25, 0.3) is 5.56 Å². The summed E-state index contributed by atoms with van der Waals surface area (Å²) in [7, 11) is 3.09. The number of aromatic nitrogens is 3. The van der Waals surface area contributed by atoms with Crippen LogP contribution in [-0.4, -0.2) is 19.2 Å². The SMILES string of the molecule is Cc1cc(-c2c3c(nc4c2c(=O)n(C)c(=O)n4C)-c2ccccc2[C@H]3O)cc(C)c1C. The van der Waals surface area contributed by atoms with Gasteiger partial charge in [0.1, 0.15) is 6.10 Å². The fourth-order valence-corrected chi connectivity index (χ4v) is 4.66. The molecule has 156 valence electrons. The Balaban J connectivity index is 2.07. The van der Waals surface area contributed by atoms with Crippen LogP contribution in [0.4, 0.5) is 0 Å². The molecule has 0 fully saturated rings. The molecule has 0 unspecified atom stereocenters. The maximum Gasteiger partial charge on any atom is 0.332 e. The molecule has 0 saturated carbocycles. The van der Waals surface area contributed by atoms with Gasteiger partial charge in [-0.05, 0) is 48.6 Å². The minimum absolute atomic E-state index is 0.321. The van der Waals surface area contributed by atoms with Gasteiger partial charge in [0.05, 0.1) is 11.1 Å². The number of rotatable bonds is 1. The summed E-state index contributed by atoms with van der Waals surface area (Å²) in [6.45, 7) is 6.14. The number of fused-ring (bicyclic) bond motifs is 4. The molecule has 6 heteroatoms. The zero-order valence-electron chi connectivity index (χ0n) is 18.1. The lowest BCUT2D eigenvalue weighted by atomic mass is 9.90. The molecule has 1 aliphatic rings. The standard InChI is InChI=1S/C25H23N3O3/c1-12-10-15(11-13(2)14(12)3)18-19-21(16-8-6-7-9-17(16)22(19)29)26-23-20(18)24(30)28(5)25(31)27(23)4/h6-11,22,29H,1-5H3/t22-/m1/s1. The average molecular weight is 413 g/mol. The Morgan fingerprint density at radius 1 is 0.968 bits per heavy atom. The maximum absolute atomic E-state index is 13.3. The van der Waals surface area contributed by atoms with Crippen LogP contribution in [0, 0.1) is 20.8 Å². The van der Waals surface area contributed by atoms with Crippen molar-refractivity contribution in [1.29, 1.82) is 0 Å². The fourth-order valence-electron chi connectivity index (χ4n) is 4.66. The van der Waals surface area contributed by atoms with E-state index in [1.807, 2.05) is 50.2 Å². The van der Waals surface area contributed by atoms with Gasteiger partial charge in [0.15, 0.2) is 5.65 Å². The van der Waals surface area contributed by atoms with E-state index in [4.69, 9.17) is 4.98 Å². The number of hydrogen-bond donors (Lipinski definition) is 1. The van der Waals surface area contributed by atoms with Gasteiger partial charge in [-0.1, -0.05) is 36.4 Å². The van der Waals surface area contributed by atoms with Crippen LogP contribution in [0.1, 0.15) is 33.9 Å². The van der Waals surface area contributed by atoms with Crippen LogP contribution in [0.15, 0.2) is 46.0 Å². The first-order chi connectivity index (χ1) is 14.7. The number of pyridine rings is 1. The summed E-state index contributed by atoms with van der Waals surface area (Å²) in [5.74, 6) is 0. The number of benzene rings is 2. The Hall–Kier alpha value is -3.51. The van der Waals surface area contributed by atoms with Crippen molar-refractivity contribution in [3.05, 3.63) is 85.1 Å². The van der Waals surface area contributed by atoms with Crippen molar-refractivity contribution in [1.82, 2.24) is 14.1 Å². The van der Waals surface area contributed by atoms with Crippen molar-refractivity contribution < 1.29 is 5.11 Å². The minimum atomic E-state index is -0.901. The van der Waals surface area contributed by atoms with E-state index in [1.54, 1.807) is 7.05 Å². The molecule has 0 amide bonds. The number of aryl methyl sites for hydroxylation is 3. The molecule has 2 aromatic heterocycles. The summed E-state index contributed by atoms with van der Waals surface area (Å²) in [5, 5.41) is 11.6. The lowest BCUT2D eigenvalue weighted by molar-refractivity contribution is 0.225. The largest absolute Gasteiger partial charge is 0.384 e. The quantitative estimate of drug-likeness (QED) is 0.520. The first-order valence-electron chi connectivity index (χ1n) is 10.2. The van der Waals surface area contributed by atoms with E-state index >= 15 is 0 Å². The average Bonchev–Trinajstić information content (AvgIpc) is 3.05. The van der Waals surface area contributed by atoms with Crippen LogP contribution in [0.5, 0.6) is 0 Å². The summed E-state index contributed by atoms with van der Waals surface area (Å²) in [4.78, 5) is 30.7. The molecule has 5 rings (SSSR count). The molecule has 2 heterocycles. The Morgan fingerprint density at radius 2 is 1.61 bits per heavy atom. The third-order valence-electron chi connectivity index (χ3n) is 6.63. The molecule has 2 aromatic carbocycles. The second kappa shape index (κ2) is 6.49. The van der Waals surface area contributed by atoms with Crippen molar-refractivity contribution in [2.24, 2.45) is 14.1 Å². The molecule has 1 atom stereocenters. The smallest absolute Gasteiger partial charge is 0.332 e. The molecule has 0 spiro atoms. The van der Waals surface area contributed by atoms with Crippen molar-refractivity contribution in [3.8, 4) is 22.4 Å². The van der Waals surface area contributed by atoms with Crippen molar-refractivity contribution in [2.45, 2.75) is 26.9 Å². The summed E-state index contributed by atoms with van der Waals surface area (Å²) in [6.07, 6.45) is -0.901. The van der Waals surface area contributed by atoms with E-state index in [0.717, 1.165) is 32.4 Å². The Labute approximate surface area is 179 Å². The third-order valence-corrected chi connectivity index (χ3v) is 6.63. The van der Waals surface area contributed by atoms with Crippen LogP contribution < -0.4 is 11.2 Å². The van der Waals surface area contributed by atoms with Crippen molar-refractivity contribution in [3.63, 3.8) is 0 Å². The van der Waals surface area contributed by atoms with E-state index < -0.39 is 17.4 Å². The molecular formula is C25H23N3O3. The highest BCUT2D eigenvalue weighted by Crippen LogP contribution is 2.48. The van der Waals surface area contributed by atoms with Crippen LogP contribution in [-0.2, 0) is 14.1 Å². The van der Waals surface area contributed by atoms with Gasteiger partial charge in [-0.25, -0.2) is 9.78 Å². The molecule has 0 saturated heterocycles. The van der Waals surface area contributed by atoms with Gasteiger partial charge in [-0.2, -0.15) is 0 Å². The monoisotopic (exact) mass is 413 g/mol. The zero-order valence-corrected chi connectivity index (χ0v) is 18.1. The van der Waals surface area contributed by atoms with Gasteiger partial charge in [-0.15, -0.1) is 0 Å². The Kier molecular flexibility index (Phi) is 4.07. The summed E-state index contributed by atoms with van der Waals surface area (Å²) >= 11 is 0. The van der Waals surface area contributed by atoms with Gasteiger partial charge < -0.3 is 5.11 Å². The Bertz CT molecular complexity index is 1520. The topological polar surface area (TPSA) is 77.1 Å². The van der Waals surface area contributed by atoms with Crippen molar-refractivity contribution >= 4 is 11.0 Å². The molecule has 0 bridgehead atoms. The van der Waals surface area contributed by atoms with Gasteiger partial charge in [0, 0.05) is 30.8 Å². The van der Waals surface area contributed by atoms with Gasteiger partial charge in [0.2, 0.25) is 0 Å². The lowest BCUT2D eigenvalue weighted by Gasteiger charge is -2.18. The van der Waals surface area contributed by atoms with E-state index in [2.05, 4.69) is 6.92 Å². The Morgan fingerprint density at radius 3 is 2.29 bits per heavy atom. The minimum Gasteiger partial charge on any atom is -0.384 e. The van der Waals surface area contributed by atoms with Gasteiger partial charge >= 0.3 is 5.69 Å². The molecule has 0 aliphatic heterocycles. The van der Waals surface area contributed by atoms with Crippen LogP contribution in [0.25, 0.3) is 33.4 Å². The van der Waals surface area contributed by atoms with Crippen molar-refractivity contribution in [2.75, 3.05) is 0 Å². The molecule has 0 radical (unpaired) electrons. The summed E-state index contributed by atoms with van der Waals surface area (Å²) in [5.41, 5.74) is 7.15. The molecule has 4 aromatic rings. The first-order valence-corrected chi connectivity index (χ1v) is 10.2. The maximum atomic E-state index is 13.3. The normalized spacial score (nSPS) is 14.7. The summed E-state index contributed by atoms with van der Waals surface area (Å²) < 4.78 is 2.50. The van der Waals surface area contributed by atoms with Crippen LogP contribution in [0.2, 0.25) is 0 Å². The molecule has 1 aliphatic carbocycles. The fraction of sp³-hybridized carbons (Fsp3) is 0.240. The van der Waals surface area contributed by atoms with E-state index in [1.165, 1.54) is 17.2 Å². The zero-order chi connectivity index (χ0) is 22.2. The van der Waals surface area contributed by atoms with Crippen LogP contribution in [0.3, 0.4) is 0 Å². The second-order valence-electron chi connectivity index (χ2n) is 8.38. The molecule has 31 heavy (non-hydrogen) atoms. The highest BCUT2D eigenvalue weighted by Gasteiger charge is 2.34. The first kappa shape index (κ1) is 19.5. The lowest BCUT2D eigenvalue weighted by Crippen LogP contribution is -2.37. The summed E-state index contributed by atoms with van der Waals surface area (Å²) in [6, 6.07) is 11.6. The van der Waals surface area contributed by atoms with E-state index in [0.29, 0.717) is 27.9 Å². The predicted molar refractivity (Wildman–Crippen MR) is 121 cm³/mol. The highest BCUT2D eigenvalue weighted by atomic mass is 16.3. The number of aliphatic hydroxyl groups is 1. The molecule has 1 N–H and O–H groups in total. The third kappa shape index (κ3) is 2.51. The van der Waals surface area contributed by atoms with Crippen LogP contribution >= 0.6 is 0 Å². The molecular weight excluding hydrogens is 390 g/mol. The van der Waals surface area contributed by atoms with E-state index in [-0.39, 0.29) is 0 Å². The number of nitrogens with zero attached hydrogens (tertiary/aromatic N) is 3. The number of aliphatic hydroxyl groups excluding tert-OH is 1. The predicted octanol–water partition coefficient (Wildman–Crippen LogP) is 3.29.